The van der Waals surface area contributed by atoms with Gasteiger partial charge in [0.15, 0.2) is 5.78 Å². The molecule has 1 aliphatic heterocycles. The minimum atomic E-state index is -0.799. The summed E-state index contributed by atoms with van der Waals surface area (Å²) in [6.45, 7) is 6.05. The van der Waals surface area contributed by atoms with Crippen molar-refractivity contribution < 1.29 is 19.4 Å². The van der Waals surface area contributed by atoms with Crippen molar-refractivity contribution in [2.75, 3.05) is 0 Å². The summed E-state index contributed by atoms with van der Waals surface area (Å²) in [5.41, 5.74) is 1.90. The lowest BCUT2D eigenvalue weighted by molar-refractivity contribution is -0.152. The highest BCUT2D eigenvalue weighted by atomic mass is 16.5. The molecule has 5 nitrogen and oxygen atoms in total. The number of rotatable bonds is 8. The Kier molecular flexibility index (Phi) is 7.92. The van der Waals surface area contributed by atoms with Gasteiger partial charge in [-0.1, -0.05) is 50.6 Å². The summed E-state index contributed by atoms with van der Waals surface area (Å²) in [7, 11) is 0. The van der Waals surface area contributed by atoms with Crippen molar-refractivity contribution in [2.45, 2.75) is 71.5 Å². The summed E-state index contributed by atoms with van der Waals surface area (Å²) in [5, 5.41) is 9.43. The van der Waals surface area contributed by atoms with Crippen LogP contribution in [0.15, 0.2) is 54.3 Å². The van der Waals surface area contributed by atoms with E-state index in [-0.39, 0.29) is 29.8 Å². The van der Waals surface area contributed by atoms with E-state index in [9.17, 15) is 14.7 Å². The Morgan fingerprint density at radius 3 is 2.76 bits per heavy atom. The molecule has 34 heavy (non-hydrogen) atoms. The third kappa shape index (κ3) is 5.14. The molecule has 0 amide bonds. The molecule has 0 spiro atoms. The first-order valence-corrected chi connectivity index (χ1v) is 13.0. The molecule has 1 saturated carbocycles. The van der Waals surface area contributed by atoms with Gasteiger partial charge in [-0.3, -0.25) is 9.59 Å². The van der Waals surface area contributed by atoms with Crippen LogP contribution in [0.25, 0.3) is 0 Å². The molecule has 1 aromatic rings. The number of carboxylic acid groups (broad SMARTS) is 1. The normalized spacial score (nSPS) is 34.8. The summed E-state index contributed by atoms with van der Waals surface area (Å²) < 4.78 is 6.33. The van der Waals surface area contributed by atoms with E-state index in [0.717, 1.165) is 25.7 Å². The summed E-state index contributed by atoms with van der Waals surface area (Å²) in [4.78, 5) is 28.0. The van der Waals surface area contributed by atoms with Crippen LogP contribution in [0.2, 0.25) is 0 Å². The number of carbonyl (C=O) groups excluding carboxylic acids is 1. The summed E-state index contributed by atoms with van der Waals surface area (Å²) >= 11 is 0. The topological polar surface area (TPSA) is 79.4 Å². The molecule has 8 atom stereocenters. The van der Waals surface area contributed by atoms with Crippen molar-refractivity contribution in [3.63, 3.8) is 0 Å². The molecule has 2 aliphatic carbocycles. The van der Waals surface area contributed by atoms with Crippen molar-refractivity contribution >= 4 is 11.8 Å². The number of Topliss-reactive ketones (excluding diaryl/α,β-unsaturated/α-hetero) is 1. The number of allylic oxidation sites excluding steroid dienone is 5. The average Bonchev–Trinajstić information content (AvgIpc) is 3.53. The van der Waals surface area contributed by atoms with Crippen LogP contribution >= 0.6 is 0 Å². The molecule has 0 radical (unpaired) electrons. The number of fused-ring (bicyclic) bond motifs is 1. The minimum absolute atomic E-state index is 0.0310. The van der Waals surface area contributed by atoms with Crippen molar-refractivity contribution in [3.8, 4) is 0 Å². The molecule has 2 fully saturated rings. The molecule has 0 unspecified atom stereocenters. The van der Waals surface area contributed by atoms with Gasteiger partial charge in [0.1, 0.15) is 0 Å². The predicted molar refractivity (Wildman–Crippen MR) is 133 cm³/mol. The first kappa shape index (κ1) is 24.7. The second kappa shape index (κ2) is 10.9. The lowest BCUT2D eigenvalue weighted by Gasteiger charge is -2.37. The number of hydrogen-bond donors (Lipinski definition) is 2. The van der Waals surface area contributed by atoms with E-state index in [0.29, 0.717) is 23.4 Å². The fourth-order valence-corrected chi connectivity index (χ4v) is 6.26. The van der Waals surface area contributed by atoms with Crippen molar-refractivity contribution in [2.24, 2.45) is 35.5 Å². The van der Waals surface area contributed by atoms with Crippen LogP contribution in [0.5, 0.6) is 0 Å². The van der Waals surface area contributed by atoms with Crippen LogP contribution in [-0.4, -0.2) is 34.1 Å². The smallest absolute Gasteiger partial charge is 0.308 e. The first-order chi connectivity index (χ1) is 16.4. The molecule has 3 aliphatic rings. The first-order valence-electron chi connectivity index (χ1n) is 13.0. The molecule has 4 rings (SSSR count). The van der Waals surface area contributed by atoms with Crippen LogP contribution in [0, 0.1) is 35.5 Å². The SMILES string of the molecule is CC/C(=C\C=C\[C@@H]1C=C[C@@H]2CCC[C@H]2[C@@H]1C(=O)c1ccc[nH]1)[C@@H]1O[C@@H]([C@H](C)C(=O)O)CC[C@@H]1C. The van der Waals surface area contributed by atoms with Gasteiger partial charge in [0.25, 0.3) is 0 Å². The molecule has 2 heterocycles. The molecule has 1 aromatic heterocycles. The highest BCUT2D eigenvalue weighted by Crippen LogP contribution is 2.46. The monoisotopic (exact) mass is 465 g/mol. The summed E-state index contributed by atoms with van der Waals surface area (Å²) in [6.07, 6.45) is 18.6. The number of ketones is 1. The molecule has 1 saturated heterocycles. The molecular weight excluding hydrogens is 426 g/mol. The Morgan fingerprint density at radius 2 is 2.06 bits per heavy atom. The second-order valence-corrected chi connectivity index (χ2v) is 10.5. The third-order valence-electron chi connectivity index (χ3n) is 8.36. The van der Waals surface area contributed by atoms with Gasteiger partial charge < -0.3 is 14.8 Å². The Labute approximate surface area is 203 Å². The van der Waals surface area contributed by atoms with E-state index < -0.39 is 11.9 Å². The fourth-order valence-electron chi connectivity index (χ4n) is 6.26. The Hall–Kier alpha value is -2.40. The second-order valence-electron chi connectivity index (χ2n) is 10.5. The highest BCUT2D eigenvalue weighted by molar-refractivity contribution is 5.97. The van der Waals surface area contributed by atoms with E-state index >= 15 is 0 Å². The number of carbonyl (C=O) groups is 2. The van der Waals surface area contributed by atoms with Gasteiger partial charge in [0, 0.05) is 18.0 Å². The van der Waals surface area contributed by atoms with Gasteiger partial charge in [-0.25, -0.2) is 0 Å². The van der Waals surface area contributed by atoms with E-state index in [1.807, 2.05) is 18.3 Å². The number of aromatic amines is 1. The van der Waals surface area contributed by atoms with Gasteiger partial charge in [-0.15, -0.1) is 0 Å². The number of H-pyrrole nitrogens is 1. The Balaban J connectivity index is 1.53. The van der Waals surface area contributed by atoms with E-state index in [4.69, 9.17) is 4.74 Å². The van der Waals surface area contributed by atoms with Crippen LogP contribution < -0.4 is 0 Å². The van der Waals surface area contributed by atoms with Gasteiger partial charge in [0.05, 0.1) is 23.8 Å². The van der Waals surface area contributed by atoms with E-state index in [2.05, 4.69) is 49.2 Å². The number of ether oxygens (including phenoxy) is 1. The van der Waals surface area contributed by atoms with Gasteiger partial charge in [0.2, 0.25) is 0 Å². The molecule has 2 N–H and O–H groups in total. The molecular formula is C29H39NO4. The zero-order valence-electron chi connectivity index (χ0n) is 20.7. The van der Waals surface area contributed by atoms with Crippen LogP contribution in [0.4, 0.5) is 0 Å². The fraction of sp³-hybridized carbons (Fsp3) is 0.586. The van der Waals surface area contributed by atoms with Gasteiger partial charge in [-0.05, 0) is 74.5 Å². The van der Waals surface area contributed by atoms with Crippen LogP contribution in [0.3, 0.4) is 0 Å². The zero-order valence-corrected chi connectivity index (χ0v) is 20.7. The van der Waals surface area contributed by atoms with Crippen molar-refractivity contribution in [1.29, 1.82) is 0 Å². The van der Waals surface area contributed by atoms with Crippen LogP contribution in [0.1, 0.15) is 69.8 Å². The summed E-state index contributed by atoms with van der Waals surface area (Å²) in [6, 6.07) is 3.78. The number of carboxylic acids is 1. The number of nitrogens with one attached hydrogen (secondary N) is 1. The van der Waals surface area contributed by atoms with E-state index in [1.54, 1.807) is 6.92 Å². The largest absolute Gasteiger partial charge is 0.481 e. The van der Waals surface area contributed by atoms with Gasteiger partial charge in [-0.2, -0.15) is 0 Å². The lowest BCUT2D eigenvalue weighted by atomic mass is 9.69. The standard InChI is InChI=1S/C29H39NO4/c1-4-20(28-18(2)13-16-25(34-28)19(3)29(32)33)8-5-10-22-15-14-21-9-6-11-23(21)26(22)27(31)24-12-7-17-30-24/h5,7-8,10,12,14-15,17-19,21-23,25-26,28,30H,4,6,9,11,13,16H2,1-3H3,(H,32,33)/b10-5+,20-8+/t18-,19-,21-,22+,23+,25+,26+,28+/m0/s1. The highest BCUT2D eigenvalue weighted by Gasteiger charge is 2.42. The maximum atomic E-state index is 13.4. The third-order valence-corrected chi connectivity index (χ3v) is 8.36. The van der Waals surface area contributed by atoms with E-state index in [1.165, 1.54) is 18.4 Å². The zero-order chi connectivity index (χ0) is 24.2. The Morgan fingerprint density at radius 1 is 1.24 bits per heavy atom. The maximum absolute atomic E-state index is 13.4. The van der Waals surface area contributed by atoms with Crippen LogP contribution in [-0.2, 0) is 9.53 Å². The lowest BCUT2D eigenvalue weighted by Crippen LogP contribution is -2.40. The molecule has 0 aromatic carbocycles. The summed E-state index contributed by atoms with van der Waals surface area (Å²) in [5.74, 6) is 0.237. The predicted octanol–water partition coefficient (Wildman–Crippen LogP) is 6.21. The van der Waals surface area contributed by atoms with Gasteiger partial charge >= 0.3 is 5.97 Å². The van der Waals surface area contributed by atoms with Crippen molar-refractivity contribution in [3.05, 3.63) is 60.0 Å². The quantitative estimate of drug-likeness (QED) is 0.272. The van der Waals surface area contributed by atoms with Crippen molar-refractivity contribution in [1.82, 2.24) is 4.98 Å². The molecule has 0 bridgehead atoms. The minimum Gasteiger partial charge on any atom is -0.481 e. The number of hydrogen-bond acceptors (Lipinski definition) is 3. The molecule has 184 valence electrons. The number of aromatic nitrogens is 1. The Bertz CT molecular complexity index is 943. The molecule has 5 heteroatoms. The maximum Gasteiger partial charge on any atom is 0.308 e. The number of aliphatic carboxylic acids is 1. The average molecular weight is 466 g/mol.